The van der Waals surface area contributed by atoms with Gasteiger partial charge in [-0.2, -0.15) is 0 Å². The van der Waals surface area contributed by atoms with Crippen molar-refractivity contribution in [1.29, 1.82) is 0 Å². The lowest BCUT2D eigenvalue weighted by Gasteiger charge is -2.17. The normalized spacial score (nSPS) is 14.9. The van der Waals surface area contributed by atoms with Gasteiger partial charge in [-0.3, -0.25) is 4.79 Å². The number of ether oxygens (including phenoxy) is 1. The van der Waals surface area contributed by atoms with Gasteiger partial charge in [-0.25, -0.2) is 0 Å². The van der Waals surface area contributed by atoms with Gasteiger partial charge >= 0.3 is 0 Å². The van der Waals surface area contributed by atoms with Gasteiger partial charge in [0.05, 0.1) is 29.1 Å². The van der Waals surface area contributed by atoms with Crippen molar-refractivity contribution in [2.24, 2.45) is 0 Å². The molecule has 3 rings (SSSR count). The third-order valence-electron chi connectivity index (χ3n) is 3.25. The number of hydrogen-bond donors (Lipinski definition) is 1. The molecule has 0 radical (unpaired) electrons. The third kappa shape index (κ3) is 1.58. The summed E-state index contributed by atoms with van der Waals surface area (Å²) in [5.41, 5.74) is 3.44. The third-order valence-corrected chi connectivity index (χ3v) is 3.56. The first-order chi connectivity index (χ1) is 8.18. The quantitative estimate of drug-likeness (QED) is 0.780. The number of aromatic amines is 1. The summed E-state index contributed by atoms with van der Waals surface area (Å²) in [6.07, 6.45) is 0.741. The summed E-state index contributed by atoms with van der Waals surface area (Å²) in [4.78, 5) is 15.7. The van der Waals surface area contributed by atoms with Crippen molar-refractivity contribution in [3.8, 4) is 0 Å². The van der Waals surface area contributed by atoms with E-state index in [-0.39, 0.29) is 5.43 Å². The maximum Gasteiger partial charge on any atom is 0.195 e. The fraction of sp³-hybridized carbons (Fsp3) is 0.308. The highest BCUT2D eigenvalue weighted by atomic mass is 35.5. The minimum Gasteiger partial charge on any atom is -0.376 e. The van der Waals surface area contributed by atoms with Crippen molar-refractivity contribution < 1.29 is 4.74 Å². The lowest BCUT2D eigenvalue weighted by molar-refractivity contribution is 0.109. The summed E-state index contributed by atoms with van der Waals surface area (Å²) in [7, 11) is 0. The second-order valence-corrected chi connectivity index (χ2v) is 4.74. The molecule has 2 heterocycles. The molecule has 0 amide bonds. The number of pyridine rings is 1. The first-order valence-electron chi connectivity index (χ1n) is 5.59. The van der Waals surface area contributed by atoms with Crippen LogP contribution in [0.2, 0.25) is 5.02 Å². The second kappa shape index (κ2) is 3.86. The summed E-state index contributed by atoms with van der Waals surface area (Å²) in [5, 5.41) is 1.28. The average molecular weight is 250 g/mol. The Morgan fingerprint density at radius 3 is 3.06 bits per heavy atom. The average Bonchev–Trinajstić information content (AvgIpc) is 2.34. The van der Waals surface area contributed by atoms with E-state index < -0.39 is 0 Å². The van der Waals surface area contributed by atoms with Crippen molar-refractivity contribution in [3.63, 3.8) is 0 Å². The van der Waals surface area contributed by atoms with Gasteiger partial charge in [0.2, 0.25) is 0 Å². The van der Waals surface area contributed by atoms with E-state index in [1.807, 2.05) is 19.1 Å². The van der Waals surface area contributed by atoms with E-state index in [2.05, 4.69) is 4.98 Å². The maximum absolute atomic E-state index is 12.4. The predicted octanol–water partition coefficient (Wildman–Crippen LogP) is 2.56. The molecule has 0 fully saturated rings. The Hall–Kier alpha value is -1.32. The number of halogens is 1. The fourth-order valence-electron chi connectivity index (χ4n) is 2.33. The molecule has 1 N–H and O–H groups in total. The minimum atomic E-state index is 0.0495. The second-order valence-electron chi connectivity index (χ2n) is 4.33. The van der Waals surface area contributed by atoms with Crippen molar-refractivity contribution in [2.45, 2.75) is 20.0 Å². The number of benzene rings is 1. The van der Waals surface area contributed by atoms with Crippen molar-refractivity contribution in [3.05, 3.63) is 44.2 Å². The van der Waals surface area contributed by atoms with Crippen molar-refractivity contribution in [1.82, 2.24) is 4.98 Å². The Kier molecular flexibility index (Phi) is 2.45. The van der Waals surface area contributed by atoms with Crippen LogP contribution in [0.4, 0.5) is 0 Å². The van der Waals surface area contributed by atoms with Crippen LogP contribution in [0.3, 0.4) is 0 Å². The van der Waals surface area contributed by atoms with Crippen molar-refractivity contribution in [2.75, 3.05) is 6.61 Å². The van der Waals surface area contributed by atoms with Crippen molar-refractivity contribution >= 4 is 22.5 Å². The van der Waals surface area contributed by atoms with Crippen LogP contribution >= 0.6 is 11.6 Å². The van der Waals surface area contributed by atoms with E-state index in [1.54, 1.807) is 0 Å². The molecule has 4 heteroatoms. The van der Waals surface area contributed by atoms with Crippen LogP contribution in [0, 0.1) is 6.92 Å². The molecular weight excluding hydrogens is 238 g/mol. The molecule has 0 saturated carbocycles. The molecule has 1 aromatic heterocycles. The molecule has 0 atom stereocenters. The zero-order valence-electron chi connectivity index (χ0n) is 9.47. The van der Waals surface area contributed by atoms with Gasteiger partial charge in [0.15, 0.2) is 5.43 Å². The molecule has 3 nitrogen and oxygen atoms in total. The van der Waals surface area contributed by atoms with Crippen LogP contribution < -0.4 is 5.43 Å². The lowest BCUT2D eigenvalue weighted by Crippen LogP contribution is -2.22. The van der Waals surface area contributed by atoms with Gasteiger partial charge in [-0.15, -0.1) is 0 Å². The summed E-state index contributed by atoms with van der Waals surface area (Å²) in [5.74, 6) is 0. The highest BCUT2D eigenvalue weighted by molar-refractivity contribution is 6.35. The first kappa shape index (κ1) is 10.8. The zero-order chi connectivity index (χ0) is 12.0. The van der Waals surface area contributed by atoms with Crippen LogP contribution in [0.5, 0.6) is 0 Å². The Morgan fingerprint density at radius 1 is 1.41 bits per heavy atom. The summed E-state index contributed by atoms with van der Waals surface area (Å²) >= 11 is 6.14. The van der Waals surface area contributed by atoms with Crippen LogP contribution in [-0.4, -0.2) is 11.6 Å². The monoisotopic (exact) mass is 249 g/mol. The molecule has 17 heavy (non-hydrogen) atoms. The molecule has 1 aliphatic rings. The highest BCUT2D eigenvalue weighted by Crippen LogP contribution is 2.25. The SMILES string of the molecule is Cc1ccc(Cl)c2[nH]c3c(c(=O)c12)COCC3. The van der Waals surface area contributed by atoms with E-state index in [9.17, 15) is 4.79 Å². The highest BCUT2D eigenvalue weighted by Gasteiger charge is 2.18. The Balaban J connectivity index is 2.48. The molecule has 0 aliphatic carbocycles. The van der Waals surface area contributed by atoms with Gasteiger partial charge < -0.3 is 9.72 Å². The van der Waals surface area contributed by atoms with Gasteiger partial charge in [0.25, 0.3) is 0 Å². The standard InChI is InChI=1S/C13H12ClNO2/c1-7-2-3-9(14)12-11(7)13(16)8-6-17-5-4-10(8)15-12/h2-3H,4-6H2,1H3,(H,15,16). The summed E-state index contributed by atoms with van der Waals surface area (Å²) in [6.45, 7) is 2.97. The molecular formula is C13H12ClNO2. The number of aryl methyl sites for hydroxylation is 1. The number of H-pyrrole nitrogens is 1. The molecule has 88 valence electrons. The Bertz CT molecular complexity index is 660. The van der Waals surface area contributed by atoms with E-state index in [0.29, 0.717) is 23.6 Å². The fourth-order valence-corrected chi connectivity index (χ4v) is 2.53. The van der Waals surface area contributed by atoms with E-state index in [1.165, 1.54) is 0 Å². The lowest BCUT2D eigenvalue weighted by atomic mass is 10.0. The van der Waals surface area contributed by atoms with Crippen LogP contribution in [0.15, 0.2) is 16.9 Å². The van der Waals surface area contributed by atoms with Gasteiger partial charge in [0, 0.05) is 17.7 Å². The molecule has 2 aromatic rings. The number of aromatic nitrogens is 1. The zero-order valence-corrected chi connectivity index (χ0v) is 10.2. The smallest absolute Gasteiger partial charge is 0.195 e. The molecule has 0 saturated heterocycles. The Morgan fingerprint density at radius 2 is 2.24 bits per heavy atom. The van der Waals surface area contributed by atoms with Gasteiger partial charge in [0.1, 0.15) is 0 Å². The van der Waals surface area contributed by atoms with E-state index >= 15 is 0 Å². The van der Waals surface area contributed by atoms with Crippen LogP contribution in [-0.2, 0) is 17.8 Å². The van der Waals surface area contributed by atoms with Crippen LogP contribution in [0.25, 0.3) is 10.9 Å². The Labute approximate surface area is 103 Å². The minimum absolute atomic E-state index is 0.0495. The topological polar surface area (TPSA) is 42.1 Å². The molecule has 1 aromatic carbocycles. The van der Waals surface area contributed by atoms with Gasteiger partial charge in [-0.05, 0) is 18.6 Å². The number of rotatable bonds is 0. The first-order valence-corrected chi connectivity index (χ1v) is 5.97. The van der Waals surface area contributed by atoms with Crippen LogP contribution in [0.1, 0.15) is 16.8 Å². The summed E-state index contributed by atoms with van der Waals surface area (Å²) < 4.78 is 5.34. The predicted molar refractivity (Wildman–Crippen MR) is 67.7 cm³/mol. The number of fused-ring (bicyclic) bond motifs is 2. The molecule has 0 unspecified atom stereocenters. The molecule has 0 spiro atoms. The maximum atomic E-state index is 12.4. The largest absolute Gasteiger partial charge is 0.376 e. The van der Waals surface area contributed by atoms with E-state index in [4.69, 9.17) is 16.3 Å². The van der Waals surface area contributed by atoms with Gasteiger partial charge in [-0.1, -0.05) is 17.7 Å². The summed E-state index contributed by atoms with van der Waals surface area (Å²) in [6, 6.07) is 3.69. The van der Waals surface area contributed by atoms with E-state index in [0.717, 1.165) is 28.8 Å². The molecule has 1 aliphatic heterocycles. The number of nitrogens with one attached hydrogen (secondary N) is 1. The number of hydrogen-bond acceptors (Lipinski definition) is 2. The molecule has 0 bridgehead atoms.